The lowest BCUT2D eigenvalue weighted by Crippen LogP contribution is -2.36. The van der Waals surface area contributed by atoms with Gasteiger partial charge in [0.1, 0.15) is 23.9 Å². The highest BCUT2D eigenvalue weighted by Crippen LogP contribution is 2.49. The molecule has 0 amide bonds. The smallest absolute Gasteiger partial charge is 0.253 e. The van der Waals surface area contributed by atoms with Gasteiger partial charge in [-0.15, -0.1) is 0 Å². The minimum absolute atomic E-state index is 0.0374. The van der Waals surface area contributed by atoms with E-state index in [0.29, 0.717) is 13.2 Å². The van der Waals surface area contributed by atoms with Crippen LogP contribution in [0.15, 0.2) is 207 Å². The first-order valence-corrected chi connectivity index (χ1v) is 32.5. The van der Waals surface area contributed by atoms with Gasteiger partial charge in [0.15, 0.2) is 0 Å². The summed E-state index contributed by atoms with van der Waals surface area (Å²) in [7, 11) is 0. The van der Waals surface area contributed by atoms with Gasteiger partial charge in [0, 0.05) is 19.8 Å². The van der Waals surface area contributed by atoms with Crippen LogP contribution in [0.1, 0.15) is 221 Å². The van der Waals surface area contributed by atoms with E-state index in [2.05, 4.69) is 347 Å². The first-order chi connectivity index (χ1) is 41.3. The van der Waals surface area contributed by atoms with Crippen LogP contribution in [0.3, 0.4) is 0 Å². The molecule has 4 heteroatoms. The molecule has 0 spiro atoms. The summed E-state index contributed by atoms with van der Waals surface area (Å²) in [5.41, 5.74) is 16.9. The number of benzene rings is 8. The molecule has 0 unspecified atom stereocenters. The number of hydrogen-bond acceptors (Lipinski definition) is 2. The number of aromatic nitrogens is 2. The quantitative estimate of drug-likeness (QED) is 0.0486. The van der Waals surface area contributed by atoms with Crippen LogP contribution in [-0.2, 0) is 56.4 Å². The Morgan fingerprint density at radius 1 is 0.284 bits per heavy atom. The standard InChI is InChI=1S/C84H103N2O2/c1-60-85(54-20-58-87-75-50-46-73(47-51-75)83(67-34-22-61(23-35-67)77(2,3)4,68-36-24-62(25-37-68)78(5,6)7)69-38-26-63(27-39-69)79(8,9)10)56-57-86(60)55-21-59-88-76-52-48-74(49-53-76)84(70-40-28-64(29-41-70)80(11,12)13,71-42-30-65(31-43-71)81(14,15)16)72-44-32-66(33-45-72)82(17,18)19/h22-53,56-57H,20-21,54-55,58-59H2,1-19H3/q+1. The van der Waals surface area contributed by atoms with Gasteiger partial charge in [-0.2, -0.15) is 0 Å². The Bertz CT molecular complexity index is 3180. The molecule has 9 aromatic rings. The number of hydrogen-bond donors (Lipinski definition) is 0. The molecule has 1 aromatic heterocycles. The molecule has 9 rings (SSSR count). The summed E-state index contributed by atoms with van der Waals surface area (Å²) in [6.45, 7) is 46.4. The van der Waals surface area contributed by atoms with Gasteiger partial charge in [0.05, 0.1) is 37.1 Å². The molecule has 0 N–H and O–H groups in total. The predicted molar refractivity (Wildman–Crippen MR) is 371 cm³/mol. The Balaban J connectivity index is 0.885. The topological polar surface area (TPSA) is 27.3 Å². The van der Waals surface area contributed by atoms with E-state index in [9.17, 15) is 0 Å². The van der Waals surface area contributed by atoms with Crippen molar-refractivity contribution in [3.63, 3.8) is 0 Å². The number of nitrogens with zero attached hydrogens (tertiary/aromatic N) is 2. The van der Waals surface area contributed by atoms with E-state index >= 15 is 0 Å². The van der Waals surface area contributed by atoms with E-state index in [1.165, 1.54) is 83.7 Å². The summed E-state index contributed by atoms with van der Waals surface area (Å²) in [4.78, 5) is 0. The minimum atomic E-state index is -0.574. The van der Waals surface area contributed by atoms with Crippen molar-refractivity contribution in [2.45, 2.75) is 201 Å². The summed E-state index contributed by atoms with van der Waals surface area (Å²) in [5.74, 6) is 2.98. The van der Waals surface area contributed by atoms with Crippen molar-refractivity contribution in [2.24, 2.45) is 0 Å². The second-order valence-corrected chi connectivity index (χ2v) is 31.1. The minimum Gasteiger partial charge on any atom is -0.493 e. The molecule has 88 heavy (non-hydrogen) atoms. The molecule has 0 fully saturated rings. The highest BCUT2D eigenvalue weighted by Gasteiger charge is 2.41. The summed E-state index contributed by atoms with van der Waals surface area (Å²) in [5, 5.41) is 0. The molecular formula is C84H103N2O2+. The highest BCUT2D eigenvalue weighted by molar-refractivity contribution is 5.63. The zero-order chi connectivity index (χ0) is 63.7. The molecule has 4 nitrogen and oxygen atoms in total. The molecule has 1 heterocycles. The molecule has 0 aliphatic rings. The third-order valence-electron chi connectivity index (χ3n) is 18.6. The van der Waals surface area contributed by atoms with Crippen LogP contribution in [0.5, 0.6) is 11.5 Å². The Kier molecular flexibility index (Phi) is 18.6. The normalized spacial score (nSPS) is 13.0. The fraction of sp³-hybridized carbons (Fsp3) is 0.393. The lowest BCUT2D eigenvalue weighted by Gasteiger charge is -2.38. The third-order valence-corrected chi connectivity index (χ3v) is 18.6. The molecule has 8 aromatic carbocycles. The van der Waals surface area contributed by atoms with Crippen molar-refractivity contribution in [1.82, 2.24) is 4.57 Å². The largest absolute Gasteiger partial charge is 0.493 e. The van der Waals surface area contributed by atoms with Gasteiger partial charge in [-0.3, -0.25) is 0 Å². The zero-order valence-electron chi connectivity index (χ0n) is 57.1. The van der Waals surface area contributed by atoms with Crippen LogP contribution in [0.25, 0.3) is 0 Å². The maximum Gasteiger partial charge on any atom is 0.253 e. The SMILES string of the molecule is Cc1n(CCCOc2ccc(C(c3ccc(C(C)(C)C)cc3)(c3ccc(C(C)(C)C)cc3)c3ccc(C(C)(C)C)cc3)cc2)cc[n+]1CCCOc1ccc(C(c2ccc(C(C)(C)C)cc2)(c2ccc(C(C)(C)C)cc2)c2ccc(C(C)(C)C)cc2)cc1. The Labute approximate surface area is 531 Å². The molecule has 0 bridgehead atoms. The highest BCUT2D eigenvalue weighted by atomic mass is 16.5. The van der Waals surface area contributed by atoms with Crippen LogP contribution in [-0.4, -0.2) is 17.8 Å². The predicted octanol–water partition coefficient (Wildman–Crippen LogP) is 20.6. The summed E-state index contributed by atoms with van der Waals surface area (Å²) in [6.07, 6.45) is 6.18. The second kappa shape index (κ2) is 25.2. The van der Waals surface area contributed by atoms with E-state index in [4.69, 9.17) is 9.47 Å². The molecule has 0 aliphatic heterocycles. The van der Waals surface area contributed by atoms with E-state index in [0.717, 1.165) is 37.4 Å². The van der Waals surface area contributed by atoms with Crippen molar-refractivity contribution in [2.75, 3.05) is 13.2 Å². The lowest BCUT2D eigenvalue weighted by molar-refractivity contribution is -0.702. The number of rotatable bonds is 18. The monoisotopic (exact) mass is 1170 g/mol. The van der Waals surface area contributed by atoms with Gasteiger partial charge >= 0.3 is 0 Å². The zero-order valence-corrected chi connectivity index (χ0v) is 57.1. The van der Waals surface area contributed by atoms with E-state index in [1.54, 1.807) is 0 Å². The van der Waals surface area contributed by atoms with Crippen molar-refractivity contribution < 1.29 is 14.0 Å². The van der Waals surface area contributed by atoms with Gasteiger partial charge in [-0.05, 0) is 135 Å². The molecule has 0 saturated heterocycles. The van der Waals surface area contributed by atoms with Gasteiger partial charge in [0.25, 0.3) is 5.82 Å². The van der Waals surface area contributed by atoms with Gasteiger partial charge < -0.3 is 9.47 Å². The van der Waals surface area contributed by atoms with Crippen molar-refractivity contribution in [3.8, 4) is 11.5 Å². The third kappa shape index (κ3) is 14.0. The molecular weight excluding hydrogens is 1070 g/mol. The summed E-state index contributed by atoms with van der Waals surface area (Å²) < 4.78 is 17.8. The molecule has 0 atom stereocenters. The van der Waals surface area contributed by atoms with Crippen molar-refractivity contribution >= 4 is 0 Å². The first-order valence-electron chi connectivity index (χ1n) is 32.5. The van der Waals surface area contributed by atoms with Crippen LogP contribution in [0.2, 0.25) is 0 Å². The van der Waals surface area contributed by atoms with E-state index < -0.39 is 10.8 Å². The summed E-state index contributed by atoms with van der Waals surface area (Å²) in [6, 6.07) is 74.1. The molecule has 0 saturated carbocycles. The Morgan fingerprint density at radius 2 is 0.489 bits per heavy atom. The van der Waals surface area contributed by atoms with E-state index in [-0.39, 0.29) is 32.5 Å². The van der Waals surface area contributed by atoms with Crippen molar-refractivity contribution in [1.29, 1.82) is 0 Å². The fourth-order valence-corrected chi connectivity index (χ4v) is 12.8. The second-order valence-electron chi connectivity index (χ2n) is 31.1. The van der Waals surface area contributed by atoms with Gasteiger partial charge in [-0.25, -0.2) is 9.13 Å². The number of aryl methyl sites for hydroxylation is 2. The Hall–Kier alpha value is -7.43. The molecule has 0 radical (unpaired) electrons. The van der Waals surface area contributed by atoms with Crippen LogP contribution in [0, 0.1) is 6.92 Å². The van der Waals surface area contributed by atoms with Crippen molar-refractivity contribution in [3.05, 3.63) is 290 Å². The van der Waals surface area contributed by atoms with Crippen LogP contribution >= 0.6 is 0 Å². The number of ether oxygens (including phenoxy) is 2. The van der Waals surface area contributed by atoms with E-state index in [1.807, 2.05) is 0 Å². The van der Waals surface area contributed by atoms with Gasteiger partial charge in [-0.1, -0.05) is 294 Å². The molecule has 460 valence electrons. The summed E-state index contributed by atoms with van der Waals surface area (Å²) >= 11 is 0. The van der Waals surface area contributed by atoms with Gasteiger partial charge in [0.2, 0.25) is 0 Å². The van der Waals surface area contributed by atoms with Crippen LogP contribution in [0.4, 0.5) is 0 Å². The first kappa shape index (κ1) is 65.0. The maximum absolute atomic E-state index is 6.54. The average molecular weight is 1170 g/mol. The fourth-order valence-electron chi connectivity index (χ4n) is 12.8. The lowest BCUT2D eigenvalue weighted by atomic mass is 9.64. The molecule has 0 aliphatic carbocycles. The Morgan fingerprint density at radius 3 is 0.716 bits per heavy atom. The average Bonchev–Trinajstić information content (AvgIpc) is 1.25. The van der Waals surface area contributed by atoms with Crippen LogP contribution < -0.4 is 14.0 Å². The maximum atomic E-state index is 6.54. The number of imidazole rings is 1.